The van der Waals surface area contributed by atoms with Crippen molar-refractivity contribution in [1.29, 1.82) is 0 Å². The molecular formula is C18H13N3O. The minimum atomic E-state index is -0.464. The molecule has 2 N–H and O–H groups in total. The van der Waals surface area contributed by atoms with Crippen LogP contribution in [-0.4, -0.2) is 15.5 Å². The predicted octanol–water partition coefficient (Wildman–Crippen LogP) is 3.28. The van der Waals surface area contributed by atoms with Crippen LogP contribution in [0.15, 0.2) is 67.0 Å². The summed E-state index contributed by atoms with van der Waals surface area (Å²) in [6.07, 6.45) is 1.72. The monoisotopic (exact) mass is 287 g/mol. The molecule has 0 spiro atoms. The summed E-state index contributed by atoms with van der Waals surface area (Å²) >= 11 is 0. The second-order valence-corrected chi connectivity index (χ2v) is 5.18. The van der Waals surface area contributed by atoms with Crippen LogP contribution in [0.3, 0.4) is 0 Å². The van der Waals surface area contributed by atoms with E-state index in [2.05, 4.69) is 29.2 Å². The van der Waals surface area contributed by atoms with Crippen LogP contribution in [0.2, 0.25) is 0 Å². The Balaban J connectivity index is 1.96. The average Bonchev–Trinajstić information content (AvgIpc) is 2.98. The Labute approximate surface area is 126 Å². The molecule has 106 valence electrons. The summed E-state index contributed by atoms with van der Waals surface area (Å²) < 4.78 is 1.97. The van der Waals surface area contributed by atoms with Gasteiger partial charge in [-0.2, -0.15) is 0 Å². The highest BCUT2D eigenvalue weighted by molar-refractivity contribution is 6.04. The highest BCUT2D eigenvalue weighted by Crippen LogP contribution is 2.24. The summed E-state index contributed by atoms with van der Waals surface area (Å²) in [4.78, 5) is 15.9. The summed E-state index contributed by atoms with van der Waals surface area (Å²) in [5.74, 6) is -0.464. The molecular weight excluding hydrogens is 274 g/mol. The quantitative estimate of drug-likeness (QED) is 0.615. The maximum atomic E-state index is 11.5. The number of carbonyl (C=O) groups excluding carboxylic acids is 1. The molecule has 0 aliphatic carbocycles. The lowest BCUT2D eigenvalue weighted by atomic mass is 10.1. The molecule has 4 heteroatoms. The molecule has 1 heterocycles. The molecule has 0 fully saturated rings. The third-order valence-corrected chi connectivity index (χ3v) is 3.85. The van der Waals surface area contributed by atoms with Crippen molar-refractivity contribution in [2.45, 2.75) is 0 Å². The molecule has 22 heavy (non-hydrogen) atoms. The first-order chi connectivity index (χ1) is 10.7. The minimum Gasteiger partial charge on any atom is -0.366 e. The first-order valence-electron chi connectivity index (χ1n) is 6.99. The zero-order valence-electron chi connectivity index (χ0n) is 11.7. The number of para-hydroxylation sites is 1. The van der Waals surface area contributed by atoms with E-state index in [1.165, 1.54) is 5.39 Å². The van der Waals surface area contributed by atoms with E-state index in [9.17, 15) is 4.79 Å². The molecule has 4 nitrogen and oxygen atoms in total. The Morgan fingerprint density at radius 3 is 2.59 bits per heavy atom. The molecule has 0 unspecified atom stereocenters. The normalized spacial score (nSPS) is 11.1. The van der Waals surface area contributed by atoms with Crippen molar-refractivity contribution in [1.82, 2.24) is 9.55 Å². The van der Waals surface area contributed by atoms with E-state index in [1.54, 1.807) is 12.4 Å². The molecule has 1 aromatic heterocycles. The lowest BCUT2D eigenvalue weighted by Gasteiger charge is -2.06. The number of fused-ring (bicyclic) bond motifs is 2. The predicted molar refractivity (Wildman–Crippen MR) is 87.1 cm³/mol. The maximum absolute atomic E-state index is 11.5. The number of carbonyl (C=O) groups is 1. The van der Waals surface area contributed by atoms with E-state index < -0.39 is 5.91 Å². The van der Waals surface area contributed by atoms with E-state index in [4.69, 9.17) is 5.73 Å². The van der Waals surface area contributed by atoms with E-state index >= 15 is 0 Å². The van der Waals surface area contributed by atoms with Crippen LogP contribution in [0.4, 0.5) is 0 Å². The molecule has 0 aliphatic rings. The van der Waals surface area contributed by atoms with Crippen LogP contribution in [0.25, 0.3) is 27.5 Å². The highest BCUT2D eigenvalue weighted by Gasteiger charge is 2.11. The number of rotatable bonds is 2. The Morgan fingerprint density at radius 1 is 0.955 bits per heavy atom. The van der Waals surface area contributed by atoms with Crippen LogP contribution < -0.4 is 5.73 Å². The number of aromatic nitrogens is 2. The molecule has 0 aliphatic heterocycles. The molecule has 3 aromatic carbocycles. The fourth-order valence-electron chi connectivity index (χ4n) is 2.77. The van der Waals surface area contributed by atoms with Crippen molar-refractivity contribution < 1.29 is 4.79 Å². The van der Waals surface area contributed by atoms with Crippen molar-refractivity contribution in [3.8, 4) is 5.69 Å². The van der Waals surface area contributed by atoms with E-state index in [0.29, 0.717) is 11.1 Å². The first kappa shape index (κ1) is 12.6. The summed E-state index contributed by atoms with van der Waals surface area (Å²) in [7, 11) is 0. The van der Waals surface area contributed by atoms with Gasteiger partial charge in [-0.25, -0.2) is 4.98 Å². The third kappa shape index (κ3) is 1.85. The number of amides is 1. The zero-order chi connectivity index (χ0) is 15.1. The van der Waals surface area contributed by atoms with Gasteiger partial charge < -0.3 is 5.73 Å². The number of nitrogens with two attached hydrogens (primary N) is 1. The topological polar surface area (TPSA) is 60.9 Å². The van der Waals surface area contributed by atoms with Gasteiger partial charge in [-0.05, 0) is 35.0 Å². The van der Waals surface area contributed by atoms with Gasteiger partial charge >= 0.3 is 0 Å². The number of benzene rings is 3. The van der Waals surface area contributed by atoms with Crippen molar-refractivity contribution in [2.24, 2.45) is 5.73 Å². The van der Waals surface area contributed by atoms with Crippen molar-refractivity contribution in [3.63, 3.8) is 0 Å². The molecule has 0 saturated heterocycles. The average molecular weight is 287 g/mol. The molecule has 0 bridgehead atoms. The van der Waals surface area contributed by atoms with Gasteiger partial charge in [0.15, 0.2) is 0 Å². The number of imidazole rings is 1. The summed E-state index contributed by atoms with van der Waals surface area (Å²) in [5, 5.41) is 2.35. The fraction of sp³-hybridized carbons (Fsp3) is 0. The molecule has 1 amide bonds. The molecule has 0 saturated carbocycles. The SMILES string of the molecule is NC(=O)c1cccc2c1ncn2-c1ccc2ccccc2c1. The number of primary amides is 1. The van der Waals surface area contributed by atoms with E-state index in [1.807, 2.05) is 34.9 Å². The van der Waals surface area contributed by atoms with Crippen molar-refractivity contribution >= 4 is 27.7 Å². The first-order valence-corrected chi connectivity index (χ1v) is 6.99. The smallest absolute Gasteiger partial charge is 0.250 e. The van der Waals surface area contributed by atoms with Gasteiger partial charge in [0.25, 0.3) is 5.91 Å². The standard InChI is InChI=1S/C18H13N3O/c19-18(22)15-6-3-7-16-17(15)20-11-21(16)14-9-8-12-4-1-2-5-13(12)10-14/h1-11H,(H2,19,22). The van der Waals surface area contributed by atoms with Gasteiger partial charge in [0, 0.05) is 5.69 Å². The second-order valence-electron chi connectivity index (χ2n) is 5.18. The van der Waals surface area contributed by atoms with Crippen LogP contribution in [0, 0.1) is 0 Å². The van der Waals surface area contributed by atoms with E-state index in [-0.39, 0.29) is 0 Å². The Kier molecular flexibility index (Phi) is 2.69. The summed E-state index contributed by atoms with van der Waals surface area (Å²) in [6.45, 7) is 0. The fourth-order valence-corrected chi connectivity index (χ4v) is 2.77. The second kappa shape index (κ2) is 4.70. The highest BCUT2D eigenvalue weighted by atomic mass is 16.1. The summed E-state index contributed by atoms with van der Waals surface area (Å²) in [6, 6.07) is 19.9. The van der Waals surface area contributed by atoms with Gasteiger partial charge in [0.2, 0.25) is 0 Å². The maximum Gasteiger partial charge on any atom is 0.250 e. The largest absolute Gasteiger partial charge is 0.366 e. The number of hydrogen-bond acceptors (Lipinski definition) is 2. The minimum absolute atomic E-state index is 0.442. The van der Waals surface area contributed by atoms with Gasteiger partial charge in [-0.3, -0.25) is 9.36 Å². The van der Waals surface area contributed by atoms with Crippen LogP contribution in [-0.2, 0) is 0 Å². The van der Waals surface area contributed by atoms with Crippen molar-refractivity contribution in [2.75, 3.05) is 0 Å². The lowest BCUT2D eigenvalue weighted by Crippen LogP contribution is -2.11. The van der Waals surface area contributed by atoms with Gasteiger partial charge in [-0.1, -0.05) is 36.4 Å². The lowest BCUT2D eigenvalue weighted by molar-refractivity contribution is 0.100. The van der Waals surface area contributed by atoms with Crippen molar-refractivity contribution in [3.05, 3.63) is 72.6 Å². The number of nitrogens with zero attached hydrogens (tertiary/aromatic N) is 2. The Morgan fingerprint density at radius 2 is 1.77 bits per heavy atom. The molecule has 4 rings (SSSR count). The van der Waals surface area contributed by atoms with Gasteiger partial charge in [0.05, 0.1) is 11.1 Å². The molecule has 0 atom stereocenters. The van der Waals surface area contributed by atoms with Crippen LogP contribution in [0.1, 0.15) is 10.4 Å². The Hall–Kier alpha value is -3.14. The molecule has 0 radical (unpaired) electrons. The van der Waals surface area contributed by atoms with Gasteiger partial charge in [-0.15, -0.1) is 0 Å². The van der Waals surface area contributed by atoms with E-state index in [0.717, 1.165) is 16.6 Å². The Bertz CT molecular complexity index is 1020. The third-order valence-electron chi connectivity index (χ3n) is 3.85. The summed E-state index contributed by atoms with van der Waals surface area (Å²) in [5.41, 5.74) is 8.35. The number of hydrogen-bond donors (Lipinski definition) is 1. The zero-order valence-corrected chi connectivity index (χ0v) is 11.7. The molecule has 4 aromatic rings. The van der Waals surface area contributed by atoms with Crippen LogP contribution in [0.5, 0.6) is 0 Å². The van der Waals surface area contributed by atoms with Crippen LogP contribution >= 0.6 is 0 Å². The van der Waals surface area contributed by atoms with Gasteiger partial charge in [0.1, 0.15) is 11.8 Å².